The van der Waals surface area contributed by atoms with Crippen molar-refractivity contribution >= 4 is 24.5 Å². The highest BCUT2D eigenvalue weighted by molar-refractivity contribution is 6.66. The fraction of sp³-hybridized carbons (Fsp3) is 0.438. The molecule has 0 saturated carbocycles. The lowest BCUT2D eigenvalue weighted by molar-refractivity contribution is -0.145. The molecule has 0 unspecified atom stereocenters. The molecule has 0 radical (unpaired) electrons. The van der Waals surface area contributed by atoms with Gasteiger partial charge in [0.05, 0.1) is 18.6 Å². The van der Waals surface area contributed by atoms with Gasteiger partial charge in [0.15, 0.2) is 0 Å². The molecule has 1 aromatic heterocycles. The van der Waals surface area contributed by atoms with Crippen LogP contribution >= 0.6 is 0 Å². The lowest BCUT2D eigenvalue weighted by Crippen LogP contribution is -2.48. The molecule has 0 bridgehead atoms. The van der Waals surface area contributed by atoms with E-state index in [9.17, 15) is 9.59 Å². The van der Waals surface area contributed by atoms with Crippen molar-refractivity contribution < 1.29 is 18.9 Å². The van der Waals surface area contributed by atoms with Crippen LogP contribution in [0.15, 0.2) is 24.3 Å². The molecule has 9 nitrogen and oxygen atoms in total. The standard InChI is InChI=1S/C16H20BN5O4/c1-16(2,3)22-19-15(18-20-22)11-7-5-6-8-12(11)17-25-13(23)9-21(4)10-14(24)26-17/h5-8H,9-10H2,1-4H3. The predicted molar refractivity (Wildman–Crippen MR) is 93.3 cm³/mol. The van der Waals surface area contributed by atoms with E-state index < -0.39 is 19.1 Å². The number of hydrogen-bond acceptors (Lipinski definition) is 8. The van der Waals surface area contributed by atoms with E-state index in [0.717, 1.165) is 0 Å². The summed E-state index contributed by atoms with van der Waals surface area (Å²) in [4.78, 5) is 27.1. The van der Waals surface area contributed by atoms with Crippen molar-refractivity contribution in [2.75, 3.05) is 20.1 Å². The number of nitrogens with zero attached hydrogens (tertiary/aromatic N) is 5. The fourth-order valence-corrected chi connectivity index (χ4v) is 2.47. The second-order valence-corrected chi connectivity index (χ2v) is 7.14. The van der Waals surface area contributed by atoms with Crippen LogP contribution in [0.5, 0.6) is 0 Å². The van der Waals surface area contributed by atoms with Crippen LogP contribution in [0.25, 0.3) is 11.4 Å². The number of likely N-dealkylation sites (N-methyl/N-ethyl adjacent to an activating group) is 1. The molecular weight excluding hydrogens is 337 g/mol. The highest BCUT2D eigenvalue weighted by Crippen LogP contribution is 2.16. The van der Waals surface area contributed by atoms with Crippen LogP contribution in [-0.2, 0) is 24.4 Å². The van der Waals surface area contributed by atoms with E-state index in [-0.39, 0.29) is 18.6 Å². The predicted octanol–water partition coefficient (Wildman–Crippen LogP) is -0.178. The van der Waals surface area contributed by atoms with Gasteiger partial charge in [-0.3, -0.25) is 14.5 Å². The molecule has 1 fully saturated rings. The number of carbonyl (C=O) groups excluding carboxylic acids is 2. The molecule has 0 N–H and O–H groups in total. The number of rotatable bonds is 2. The molecule has 26 heavy (non-hydrogen) atoms. The molecule has 1 aromatic carbocycles. The van der Waals surface area contributed by atoms with E-state index in [1.54, 1.807) is 31.3 Å². The van der Waals surface area contributed by atoms with Crippen molar-refractivity contribution in [2.24, 2.45) is 0 Å². The number of carbonyl (C=O) groups is 2. The van der Waals surface area contributed by atoms with E-state index in [4.69, 9.17) is 9.31 Å². The summed E-state index contributed by atoms with van der Waals surface area (Å²) >= 11 is 0. The first-order valence-electron chi connectivity index (χ1n) is 8.21. The number of aromatic nitrogens is 4. The Kier molecular flexibility index (Phi) is 4.77. The average Bonchev–Trinajstić information content (AvgIpc) is 3.02. The largest absolute Gasteiger partial charge is 0.637 e. The van der Waals surface area contributed by atoms with Gasteiger partial charge >= 0.3 is 19.1 Å². The van der Waals surface area contributed by atoms with Gasteiger partial charge in [0.2, 0.25) is 5.82 Å². The highest BCUT2D eigenvalue weighted by atomic mass is 16.6. The highest BCUT2D eigenvalue weighted by Gasteiger charge is 2.36. The lowest BCUT2D eigenvalue weighted by atomic mass is 9.75. The van der Waals surface area contributed by atoms with Gasteiger partial charge in [-0.1, -0.05) is 24.3 Å². The summed E-state index contributed by atoms with van der Waals surface area (Å²) in [6.45, 7) is 5.89. The Labute approximate surface area is 151 Å². The SMILES string of the molecule is CN1CC(=O)OB(c2ccccc2-c2nnn(C(C)(C)C)n2)OC(=O)C1. The van der Waals surface area contributed by atoms with Gasteiger partial charge in [0.1, 0.15) is 0 Å². The second kappa shape index (κ2) is 6.87. The topological polar surface area (TPSA) is 99.4 Å². The molecule has 3 rings (SSSR count). The molecule has 0 spiro atoms. The zero-order valence-corrected chi connectivity index (χ0v) is 15.2. The average molecular weight is 357 g/mol. The van der Waals surface area contributed by atoms with Gasteiger partial charge in [-0.15, -0.1) is 10.2 Å². The van der Waals surface area contributed by atoms with Crippen molar-refractivity contribution in [1.82, 2.24) is 25.1 Å². The molecule has 1 saturated heterocycles. The Bertz CT molecular complexity index is 812. The molecule has 136 valence electrons. The molecule has 1 aliphatic rings. The third-order valence-corrected chi connectivity index (χ3v) is 3.74. The maximum absolute atomic E-state index is 12.0. The zero-order chi connectivity index (χ0) is 18.9. The second-order valence-electron chi connectivity index (χ2n) is 7.14. The van der Waals surface area contributed by atoms with E-state index in [0.29, 0.717) is 16.9 Å². The Morgan fingerprint density at radius 3 is 2.27 bits per heavy atom. The van der Waals surface area contributed by atoms with Gasteiger partial charge in [-0.05, 0) is 33.0 Å². The minimum absolute atomic E-state index is 0.00617. The van der Waals surface area contributed by atoms with Crippen molar-refractivity contribution in [1.29, 1.82) is 0 Å². The number of tetrazole rings is 1. The van der Waals surface area contributed by atoms with Crippen LogP contribution in [0.4, 0.5) is 0 Å². The summed E-state index contributed by atoms with van der Waals surface area (Å²) in [5, 5.41) is 12.6. The van der Waals surface area contributed by atoms with Crippen LogP contribution in [-0.4, -0.2) is 64.3 Å². The third-order valence-electron chi connectivity index (χ3n) is 3.74. The lowest BCUT2D eigenvalue weighted by Gasteiger charge is -2.23. The van der Waals surface area contributed by atoms with Gasteiger partial charge in [-0.25, -0.2) is 0 Å². The van der Waals surface area contributed by atoms with Crippen LogP contribution in [0, 0.1) is 0 Å². The zero-order valence-electron chi connectivity index (χ0n) is 15.2. The minimum atomic E-state index is -1.15. The number of benzene rings is 1. The van der Waals surface area contributed by atoms with Crippen LogP contribution < -0.4 is 5.46 Å². The molecule has 0 aliphatic carbocycles. The maximum atomic E-state index is 12.0. The van der Waals surface area contributed by atoms with E-state index in [2.05, 4.69) is 15.4 Å². The Morgan fingerprint density at radius 2 is 1.69 bits per heavy atom. The van der Waals surface area contributed by atoms with Gasteiger partial charge in [-0.2, -0.15) is 4.80 Å². The van der Waals surface area contributed by atoms with Gasteiger partial charge in [0.25, 0.3) is 0 Å². The first kappa shape index (κ1) is 18.1. The first-order chi connectivity index (χ1) is 12.2. The third kappa shape index (κ3) is 3.91. The fourth-order valence-electron chi connectivity index (χ4n) is 2.47. The van der Waals surface area contributed by atoms with Crippen molar-refractivity contribution in [2.45, 2.75) is 26.3 Å². The van der Waals surface area contributed by atoms with E-state index in [1.165, 1.54) is 9.70 Å². The minimum Gasteiger partial charge on any atom is -0.494 e. The Hall–Kier alpha value is -2.75. The summed E-state index contributed by atoms with van der Waals surface area (Å²) in [5.41, 5.74) is 0.749. The van der Waals surface area contributed by atoms with Crippen LogP contribution in [0.3, 0.4) is 0 Å². The first-order valence-corrected chi connectivity index (χ1v) is 8.21. The van der Waals surface area contributed by atoms with Crippen LogP contribution in [0.2, 0.25) is 0 Å². The molecule has 0 atom stereocenters. The summed E-state index contributed by atoms with van der Waals surface area (Å²) in [5.74, 6) is -0.598. The van der Waals surface area contributed by atoms with Gasteiger partial charge < -0.3 is 9.31 Å². The smallest absolute Gasteiger partial charge is 0.494 e. The quantitative estimate of drug-likeness (QED) is 0.683. The monoisotopic (exact) mass is 357 g/mol. The maximum Gasteiger partial charge on any atom is 0.637 e. The molecule has 1 aliphatic heterocycles. The van der Waals surface area contributed by atoms with E-state index >= 15 is 0 Å². The van der Waals surface area contributed by atoms with Crippen molar-refractivity contribution in [3.05, 3.63) is 24.3 Å². The summed E-state index contributed by atoms with van der Waals surface area (Å²) < 4.78 is 10.7. The summed E-state index contributed by atoms with van der Waals surface area (Å²) in [6, 6.07) is 7.05. The number of hydrogen-bond donors (Lipinski definition) is 0. The van der Waals surface area contributed by atoms with Gasteiger partial charge in [0, 0.05) is 11.0 Å². The molecule has 2 aromatic rings. The molecule has 2 heterocycles. The molecule has 0 amide bonds. The summed E-state index contributed by atoms with van der Waals surface area (Å²) in [7, 11) is 0.493. The van der Waals surface area contributed by atoms with Crippen molar-refractivity contribution in [3.63, 3.8) is 0 Å². The van der Waals surface area contributed by atoms with Crippen LogP contribution in [0.1, 0.15) is 20.8 Å². The Morgan fingerprint density at radius 1 is 1.08 bits per heavy atom. The van der Waals surface area contributed by atoms with E-state index in [1.807, 2.05) is 20.8 Å². The molecular formula is C16H20BN5O4. The summed E-state index contributed by atoms with van der Waals surface area (Å²) in [6.07, 6.45) is 0. The molecule has 10 heteroatoms. The Balaban J connectivity index is 1.97. The normalized spacial score (nSPS) is 16.7. The van der Waals surface area contributed by atoms with Crippen molar-refractivity contribution in [3.8, 4) is 11.4 Å².